The molecule has 3 N–H and O–H groups in total. The number of nitrogens with one attached hydrogen (secondary N) is 1. The van der Waals surface area contributed by atoms with Gasteiger partial charge >= 0.3 is 0 Å². The van der Waals surface area contributed by atoms with Crippen molar-refractivity contribution >= 4 is 11.6 Å². The first-order valence-electron chi connectivity index (χ1n) is 6.17. The van der Waals surface area contributed by atoms with Gasteiger partial charge in [0.1, 0.15) is 17.2 Å². The Labute approximate surface area is 120 Å². The number of amides is 1. The quantitative estimate of drug-likeness (QED) is 0.834. The van der Waals surface area contributed by atoms with Gasteiger partial charge < -0.3 is 11.1 Å². The molecule has 0 atom stereocenters. The van der Waals surface area contributed by atoms with E-state index in [2.05, 4.69) is 17.2 Å². The van der Waals surface area contributed by atoms with Gasteiger partial charge in [-0.25, -0.2) is 8.78 Å². The molecule has 2 rings (SSSR count). The zero-order valence-corrected chi connectivity index (χ0v) is 11.0. The zero-order chi connectivity index (χ0) is 15.2. The van der Waals surface area contributed by atoms with Crippen molar-refractivity contribution in [2.24, 2.45) is 5.73 Å². The highest BCUT2D eigenvalue weighted by atomic mass is 19.1. The number of carbonyl (C=O) groups excluding carboxylic acids is 1. The van der Waals surface area contributed by atoms with Crippen LogP contribution in [0.15, 0.2) is 42.5 Å². The van der Waals surface area contributed by atoms with E-state index in [4.69, 9.17) is 5.73 Å². The van der Waals surface area contributed by atoms with Crippen molar-refractivity contribution in [1.29, 1.82) is 0 Å². The first-order chi connectivity index (χ1) is 10.1. The van der Waals surface area contributed by atoms with Gasteiger partial charge in [-0.1, -0.05) is 30.0 Å². The highest BCUT2D eigenvalue weighted by Gasteiger charge is 2.17. The minimum absolute atomic E-state index is 0.171. The van der Waals surface area contributed by atoms with E-state index >= 15 is 0 Å². The van der Waals surface area contributed by atoms with Crippen LogP contribution in [0.5, 0.6) is 0 Å². The van der Waals surface area contributed by atoms with Gasteiger partial charge in [0, 0.05) is 5.56 Å². The van der Waals surface area contributed by atoms with Crippen molar-refractivity contribution in [3.05, 3.63) is 65.2 Å². The number of hydrogen-bond donors (Lipinski definition) is 2. The standard InChI is InChI=1S/C16H12F2N2O/c17-12-7-3-8-13(18)15(12)16(21)20-14-9-2-1-5-11(14)6-4-10-19/h1-3,5,7-9H,10,19H2,(H,20,21). The minimum Gasteiger partial charge on any atom is -0.321 e. The fraction of sp³-hybridized carbons (Fsp3) is 0.0625. The summed E-state index contributed by atoms with van der Waals surface area (Å²) in [7, 11) is 0. The number of para-hydroxylation sites is 1. The molecule has 0 aliphatic carbocycles. The molecule has 1 amide bonds. The molecule has 106 valence electrons. The molecule has 0 unspecified atom stereocenters. The third kappa shape index (κ3) is 3.44. The molecule has 0 fully saturated rings. The smallest absolute Gasteiger partial charge is 0.261 e. The summed E-state index contributed by atoms with van der Waals surface area (Å²) in [4.78, 5) is 12.0. The summed E-state index contributed by atoms with van der Waals surface area (Å²) in [6.45, 7) is 0.171. The lowest BCUT2D eigenvalue weighted by Gasteiger charge is -2.08. The lowest BCUT2D eigenvalue weighted by atomic mass is 10.1. The third-order valence-corrected chi connectivity index (χ3v) is 2.69. The van der Waals surface area contributed by atoms with Gasteiger partial charge in [-0.3, -0.25) is 4.79 Å². The maximum Gasteiger partial charge on any atom is 0.261 e. The first kappa shape index (κ1) is 14.7. The fourth-order valence-electron chi connectivity index (χ4n) is 1.75. The molecule has 0 spiro atoms. The van der Waals surface area contributed by atoms with E-state index in [-0.39, 0.29) is 6.54 Å². The molecule has 2 aromatic rings. The lowest BCUT2D eigenvalue weighted by Crippen LogP contribution is -2.16. The first-order valence-corrected chi connectivity index (χ1v) is 6.17. The van der Waals surface area contributed by atoms with Gasteiger partial charge in [0.05, 0.1) is 12.2 Å². The number of nitrogens with two attached hydrogens (primary N) is 1. The number of carbonyl (C=O) groups is 1. The van der Waals surface area contributed by atoms with E-state index in [1.54, 1.807) is 24.3 Å². The summed E-state index contributed by atoms with van der Waals surface area (Å²) in [5.74, 6) is 2.74. The predicted octanol–water partition coefficient (Wildman–Crippen LogP) is 2.53. The molecule has 0 aliphatic rings. The van der Waals surface area contributed by atoms with Crippen LogP contribution < -0.4 is 11.1 Å². The summed E-state index contributed by atoms with van der Waals surface area (Å²) in [6.07, 6.45) is 0. The lowest BCUT2D eigenvalue weighted by molar-refractivity contribution is 0.101. The average molecular weight is 286 g/mol. The fourth-order valence-corrected chi connectivity index (χ4v) is 1.75. The highest BCUT2D eigenvalue weighted by molar-refractivity contribution is 6.05. The molecule has 21 heavy (non-hydrogen) atoms. The van der Waals surface area contributed by atoms with Gasteiger partial charge in [0.2, 0.25) is 0 Å². The molecule has 0 radical (unpaired) electrons. The van der Waals surface area contributed by atoms with Crippen LogP contribution in [-0.2, 0) is 0 Å². The topological polar surface area (TPSA) is 55.1 Å². The number of hydrogen-bond acceptors (Lipinski definition) is 2. The average Bonchev–Trinajstić information content (AvgIpc) is 2.46. The van der Waals surface area contributed by atoms with Gasteiger partial charge in [-0.15, -0.1) is 0 Å². The van der Waals surface area contributed by atoms with Gasteiger partial charge in [-0.05, 0) is 24.3 Å². The van der Waals surface area contributed by atoms with Crippen LogP contribution in [0.3, 0.4) is 0 Å². The second kappa shape index (κ2) is 6.64. The number of rotatable bonds is 2. The molecule has 0 aliphatic heterocycles. The van der Waals surface area contributed by atoms with Crippen LogP contribution in [0.25, 0.3) is 0 Å². The Kier molecular flexibility index (Phi) is 4.64. The Hall–Kier alpha value is -2.71. The summed E-state index contributed by atoms with van der Waals surface area (Å²) >= 11 is 0. The third-order valence-electron chi connectivity index (χ3n) is 2.69. The van der Waals surface area contributed by atoms with Crippen molar-refractivity contribution in [2.75, 3.05) is 11.9 Å². The Morgan fingerprint density at radius 2 is 1.76 bits per heavy atom. The van der Waals surface area contributed by atoms with Crippen molar-refractivity contribution in [3.8, 4) is 11.8 Å². The van der Waals surface area contributed by atoms with Gasteiger partial charge in [-0.2, -0.15) is 0 Å². The van der Waals surface area contributed by atoms with E-state index in [1.165, 1.54) is 6.07 Å². The molecule has 0 bridgehead atoms. The monoisotopic (exact) mass is 286 g/mol. The molecule has 0 saturated carbocycles. The largest absolute Gasteiger partial charge is 0.321 e. The summed E-state index contributed by atoms with van der Waals surface area (Å²) in [6, 6.07) is 9.94. The molecular weight excluding hydrogens is 274 g/mol. The number of benzene rings is 2. The van der Waals surface area contributed by atoms with Crippen LogP contribution in [0.4, 0.5) is 14.5 Å². The summed E-state index contributed by atoms with van der Waals surface area (Å²) < 4.78 is 27.1. The van der Waals surface area contributed by atoms with E-state index in [0.717, 1.165) is 12.1 Å². The number of anilines is 1. The van der Waals surface area contributed by atoms with Crippen LogP contribution >= 0.6 is 0 Å². The maximum atomic E-state index is 13.6. The molecular formula is C16H12F2N2O. The van der Waals surface area contributed by atoms with Crippen molar-refractivity contribution in [1.82, 2.24) is 0 Å². The van der Waals surface area contributed by atoms with Gasteiger partial charge in [0.25, 0.3) is 5.91 Å². The van der Waals surface area contributed by atoms with E-state index in [1.807, 2.05) is 0 Å². The highest BCUT2D eigenvalue weighted by Crippen LogP contribution is 2.18. The predicted molar refractivity (Wildman–Crippen MR) is 76.7 cm³/mol. The molecule has 2 aromatic carbocycles. The van der Waals surface area contributed by atoms with Crippen molar-refractivity contribution in [3.63, 3.8) is 0 Å². The van der Waals surface area contributed by atoms with Gasteiger partial charge in [0.15, 0.2) is 0 Å². The Morgan fingerprint density at radius 1 is 1.10 bits per heavy atom. The Balaban J connectivity index is 2.32. The molecule has 0 saturated heterocycles. The second-order valence-corrected chi connectivity index (χ2v) is 4.10. The van der Waals surface area contributed by atoms with Crippen molar-refractivity contribution < 1.29 is 13.6 Å². The second-order valence-electron chi connectivity index (χ2n) is 4.10. The normalized spacial score (nSPS) is 9.67. The summed E-state index contributed by atoms with van der Waals surface area (Å²) in [5, 5.41) is 2.46. The van der Waals surface area contributed by atoms with Crippen molar-refractivity contribution in [2.45, 2.75) is 0 Å². The minimum atomic E-state index is -0.918. The molecule has 0 aromatic heterocycles. The SMILES string of the molecule is NCC#Cc1ccccc1NC(=O)c1c(F)cccc1F. The number of halogens is 2. The van der Waals surface area contributed by atoms with Crippen LogP contribution in [-0.4, -0.2) is 12.5 Å². The zero-order valence-electron chi connectivity index (χ0n) is 11.0. The Morgan fingerprint density at radius 3 is 2.43 bits per heavy atom. The Bertz CT molecular complexity index is 712. The molecule has 5 heteroatoms. The van der Waals surface area contributed by atoms with Crippen LogP contribution in [0, 0.1) is 23.5 Å². The van der Waals surface area contributed by atoms with E-state index < -0.39 is 23.1 Å². The van der Waals surface area contributed by atoms with E-state index in [0.29, 0.717) is 11.3 Å². The summed E-state index contributed by atoms with van der Waals surface area (Å²) in [5.41, 5.74) is 5.56. The van der Waals surface area contributed by atoms with Crippen LogP contribution in [0.1, 0.15) is 15.9 Å². The maximum absolute atomic E-state index is 13.6. The van der Waals surface area contributed by atoms with Crippen LogP contribution in [0.2, 0.25) is 0 Å². The van der Waals surface area contributed by atoms with E-state index in [9.17, 15) is 13.6 Å². The molecule has 0 heterocycles. The molecule has 3 nitrogen and oxygen atoms in total.